The Morgan fingerprint density at radius 2 is 1.84 bits per heavy atom. The summed E-state index contributed by atoms with van der Waals surface area (Å²) in [6.45, 7) is 6.30. The highest BCUT2D eigenvalue weighted by atomic mass is 16.5. The molecule has 1 fully saturated rings. The number of rotatable bonds is 6. The van der Waals surface area contributed by atoms with Crippen LogP contribution >= 0.6 is 0 Å². The summed E-state index contributed by atoms with van der Waals surface area (Å²) < 4.78 is 5.40. The lowest BCUT2D eigenvalue weighted by atomic mass is 9.99. The summed E-state index contributed by atoms with van der Waals surface area (Å²) in [5.74, 6) is 0.328. The van der Waals surface area contributed by atoms with Crippen LogP contribution in [0, 0.1) is 5.92 Å². The maximum atomic E-state index is 12.7. The normalized spacial score (nSPS) is 16.9. The number of hydrogen-bond donors (Lipinski definition) is 2. The summed E-state index contributed by atoms with van der Waals surface area (Å²) in [5.41, 5.74) is 1.13. The van der Waals surface area contributed by atoms with Crippen molar-refractivity contribution in [2.45, 2.75) is 45.3 Å². The van der Waals surface area contributed by atoms with E-state index in [0.29, 0.717) is 12.6 Å². The molecule has 0 spiro atoms. The fraction of sp³-hybridized carbons (Fsp3) is 0.476. The predicted octanol–water partition coefficient (Wildman–Crippen LogP) is 3.25. The van der Waals surface area contributed by atoms with Crippen molar-refractivity contribution in [2.75, 3.05) is 13.2 Å². The van der Waals surface area contributed by atoms with Gasteiger partial charge in [-0.3, -0.25) is 4.79 Å². The number of carbonyl (C=O) groups is 1. The van der Waals surface area contributed by atoms with Gasteiger partial charge in [0, 0.05) is 25.8 Å². The molecule has 0 bridgehead atoms. The molecule has 0 saturated carbocycles. The van der Waals surface area contributed by atoms with Gasteiger partial charge in [0.2, 0.25) is 5.91 Å². The van der Waals surface area contributed by atoms with Gasteiger partial charge in [-0.1, -0.05) is 50.2 Å². The largest absolute Gasteiger partial charge is 0.381 e. The molecule has 25 heavy (non-hydrogen) atoms. The van der Waals surface area contributed by atoms with Crippen molar-refractivity contribution in [3.05, 3.63) is 48.0 Å². The molecule has 2 aromatic rings. The van der Waals surface area contributed by atoms with Crippen LogP contribution in [0.15, 0.2) is 42.5 Å². The Morgan fingerprint density at radius 3 is 2.56 bits per heavy atom. The third-order valence-electron chi connectivity index (χ3n) is 4.87. The monoisotopic (exact) mass is 340 g/mol. The van der Waals surface area contributed by atoms with E-state index >= 15 is 0 Å². The second kappa shape index (κ2) is 8.45. The molecular formula is C21H28N2O2. The number of nitrogens with one attached hydrogen (secondary N) is 2. The van der Waals surface area contributed by atoms with E-state index < -0.39 is 0 Å². The first kappa shape index (κ1) is 17.9. The molecule has 1 saturated heterocycles. The van der Waals surface area contributed by atoms with Crippen molar-refractivity contribution in [2.24, 2.45) is 5.92 Å². The van der Waals surface area contributed by atoms with E-state index in [1.807, 2.05) is 12.1 Å². The summed E-state index contributed by atoms with van der Waals surface area (Å²) in [5, 5.41) is 9.06. The smallest absolute Gasteiger partial charge is 0.237 e. The molecule has 1 heterocycles. The summed E-state index contributed by atoms with van der Waals surface area (Å²) in [6.07, 6.45) is 1.95. The zero-order chi connectivity index (χ0) is 17.6. The lowest BCUT2D eigenvalue weighted by Gasteiger charge is -2.30. The van der Waals surface area contributed by atoms with Crippen molar-refractivity contribution in [3.8, 4) is 0 Å². The second-order valence-corrected chi connectivity index (χ2v) is 7.17. The van der Waals surface area contributed by atoms with E-state index in [-0.39, 0.29) is 17.9 Å². The highest BCUT2D eigenvalue weighted by molar-refractivity contribution is 5.84. The zero-order valence-corrected chi connectivity index (χ0v) is 15.1. The molecule has 2 aromatic carbocycles. The summed E-state index contributed by atoms with van der Waals surface area (Å²) in [4.78, 5) is 12.7. The molecule has 0 radical (unpaired) electrons. The number of hydrogen-bond acceptors (Lipinski definition) is 3. The second-order valence-electron chi connectivity index (χ2n) is 7.17. The van der Waals surface area contributed by atoms with Gasteiger partial charge in [-0.25, -0.2) is 0 Å². The Morgan fingerprint density at radius 1 is 1.12 bits per heavy atom. The van der Waals surface area contributed by atoms with Crippen LogP contribution in [-0.2, 0) is 16.1 Å². The molecule has 4 heteroatoms. The quantitative estimate of drug-likeness (QED) is 0.849. The minimum atomic E-state index is -0.163. The van der Waals surface area contributed by atoms with Crippen molar-refractivity contribution in [1.29, 1.82) is 0 Å². The van der Waals surface area contributed by atoms with E-state index in [4.69, 9.17) is 4.74 Å². The van der Waals surface area contributed by atoms with Crippen LogP contribution in [0.3, 0.4) is 0 Å². The van der Waals surface area contributed by atoms with Gasteiger partial charge < -0.3 is 15.4 Å². The van der Waals surface area contributed by atoms with Gasteiger partial charge in [0.15, 0.2) is 0 Å². The van der Waals surface area contributed by atoms with Gasteiger partial charge >= 0.3 is 0 Å². The fourth-order valence-electron chi connectivity index (χ4n) is 3.34. The number of ether oxygens (including phenoxy) is 1. The molecule has 134 valence electrons. The minimum absolute atomic E-state index is 0.0784. The lowest BCUT2D eigenvalue weighted by molar-refractivity contribution is -0.124. The predicted molar refractivity (Wildman–Crippen MR) is 101 cm³/mol. The molecule has 0 unspecified atom stereocenters. The van der Waals surface area contributed by atoms with Crippen LogP contribution in [0.4, 0.5) is 0 Å². The van der Waals surface area contributed by atoms with Crippen LogP contribution < -0.4 is 10.6 Å². The average Bonchev–Trinajstić information content (AvgIpc) is 2.64. The van der Waals surface area contributed by atoms with Crippen molar-refractivity contribution >= 4 is 16.7 Å². The van der Waals surface area contributed by atoms with Crippen LogP contribution in [0.5, 0.6) is 0 Å². The van der Waals surface area contributed by atoms with Gasteiger partial charge in [-0.15, -0.1) is 0 Å². The first-order valence-electron chi connectivity index (χ1n) is 9.22. The third-order valence-corrected chi connectivity index (χ3v) is 4.87. The van der Waals surface area contributed by atoms with E-state index in [2.05, 4.69) is 54.8 Å². The maximum Gasteiger partial charge on any atom is 0.237 e. The van der Waals surface area contributed by atoms with E-state index in [1.54, 1.807) is 0 Å². The summed E-state index contributed by atoms with van der Waals surface area (Å²) in [7, 11) is 0. The van der Waals surface area contributed by atoms with E-state index in [1.165, 1.54) is 10.8 Å². The molecule has 1 atom stereocenters. The topological polar surface area (TPSA) is 50.4 Å². The SMILES string of the molecule is CC(C)[C@H](NC1CCOCC1)C(=O)NCc1ccc2ccccc2c1. The van der Waals surface area contributed by atoms with Gasteiger partial charge in [0.1, 0.15) is 0 Å². The minimum Gasteiger partial charge on any atom is -0.381 e. The van der Waals surface area contributed by atoms with Gasteiger partial charge in [-0.2, -0.15) is 0 Å². The van der Waals surface area contributed by atoms with Crippen molar-refractivity contribution in [1.82, 2.24) is 10.6 Å². The summed E-state index contributed by atoms with van der Waals surface area (Å²) in [6, 6.07) is 14.8. The Bertz CT molecular complexity index is 708. The highest BCUT2D eigenvalue weighted by Gasteiger charge is 2.26. The Balaban J connectivity index is 1.59. The van der Waals surface area contributed by atoms with Crippen LogP contribution in [0.1, 0.15) is 32.3 Å². The molecule has 0 aliphatic carbocycles. The first-order chi connectivity index (χ1) is 12.1. The Hall–Kier alpha value is -1.91. The van der Waals surface area contributed by atoms with Crippen LogP contribution in [-0.4, -0.2) is 31.2 Å². The number of benzene rings is 2. The van der Waals surface area contributed by atoms with Crippen LogP contribution in [0.2, 0.25) is 0 Å². The Kier molecular flexibility index (Phi) is 6.05. The number of carbonyl (C=O) groups excluding carboxylic acids is 1. The number of amides is 1. The summed E-state index contributed by atoms with van der Waals surface area (Å²) >= 11 is 0. The van der Waals surface area contributed by atoms with E-state index in [9.17, 15) is 4.79 Å². The molecule has 1 aliphatic rings. The molecular weight excluding hydrogens is 312 g/mol. The van der Waals surface area contributed by atoms with Gasteiger partial charge in [0.25, 0.3) is 0 Å². The maximum absolute atomic E-state index is 12.7. The van der Waals surface area contributed by atoms with Crippen molar-refractivity contribution in [3.63, 3.8) is 0 Å². The lowest BCUT2D eigenvalue weighted by Crippen LogP contribution is -2.52. The molecule has 3 rings (SSSR count). The zero-order valence-electron chi connectivity index (χ0n) is 15.1. The fourth-order valence-corrected chi connectivity index (χ4v) is 3.34. The van der Waals surface area contributed by atoms with Gasteiger partial charge in [-0.05, 0) is 41.2 Å². The van der Waals surface area contributed by atoms with Gasteiger partial charge in [0.05, 0.1) is 6.04 Å². The van der Waals surface area contributed by atoms with Crippen LogP contribution in [0.25, 0.3) is 10.8 Å². The standard InChI is InChI=1S/C21H28N2O2/c1-15(2)20(23-19-9-11-25-12-10-19)21(24)22-14-16-7-8-17-5-3-4-6-18(17)13-16/h3-8,13,15,19-20,23H,9-12,14H2,1-2H3,(H,22,24)/t20-/m0/s1. The molecule has 4 nitrogen and oxygen atoms in total. The molecule has 2 N–H and O–H groups in total. The first-order valence-corrected chi connectivity index (χ1v) is 9.22. The molecule has 1 amide bonds. The van der Waals surface area contributed by atoms with Crippen molar-refractivity contribution < 1.29 is 9.53 Å². The Labute approximate surface area is 149 Å². The highest BCUT2D eigenvalue weighted by Crippen LogP contribution is 2.16. The molecule has 1 aliphatic heterocycles. The third kappa shape index (κ3) is 4.80. The molecule has 0 aromatic heterocycles. The van der Waals surface area contributed by atoms with E-state index in [0.717, 1.165) is 31.6 Å². The average molecular weight is 340 g/mol. The number of fused-ring (bicyclic) bond motifs is 1.